The smallest absolute Gasteiger partial charge is 0.222 e. The largest absolute Gasteiger partial charge is 0.370 e. The van der Waals surface area contributed by atoms with E-state index in [2.05, 4.69) is 33.9 Å². The second-order valence-corrected chi connectivity index (χ2v) is 7.55. The van der Waals surface area contributed by atoms with Crippen molar-refractivity contribution in [2.75, 3.05) is 25.0 Å². The zero-order chi connectivity index (χ0) is 17.9. The molecule has 0 radical (unpaired) electrons. The van der Waals surface area contributed by atoms with Gasteiger partial charge in [0, 0.05) is 58.8 Å². The lowest BCUT2D eigenvalue weighted by Crippen LogP contribution is -2.27. The summed E-state index contributed by atoms with van der Waals surface area (Å²) in [6.45, 7) is 4.53. The number of aryl methyl sites for hydroxylation is 1. The molecule has 1 N–H and O–H groups in total. The third-order valence-electron chi connectivity index (χ3n) is 4.76. The van der Waals surface area contributed by atoms with Crippen LogP contribution in [0.15, 0.2) is 35.8 Å². The minimum absolute atomic E-state index is 0.287. The van der Waals surface area contributed by atoms with Crippen molar-refractivity contribution in [2.45, 2.75) is 26.2 Å². The summed E-state index contributed by atoms with van der Waals surface area (Å²) >= 11 is 1.72. The Balaban J connectivity index is 1.45. The minimum Gasteiger partial charge on any atom is -0.370 e. The Labute approximate surface area is 157 Å². The lowest BCUT2D eigenvalue weighted by atomic mass is 10.1. The van der Waals surface area contributed by atoms with Gasteiger partial charge in [0.1, 0.15) is 5.82 Å². The van der Waals surface area contributed by atoms with Crippen LogP contribution in [0.1, 0.15) is 24.8 Å². The van der Waals surface area contributed by atoms with Crippen molar-refractivity contribution in [2.24, 2.45) is 0 Å². The predicted octanol–water partition coefficient (Wildman–Crippen LogP) is 4.09. The van der Waals surface area contributed by atoms with Crippen LogP contribution >= 0.6 is 11.3 Å². The van der Waals surface area contributed by atoms with Gasteiger partial charge in [-0.15, -0.1) is 11.3 Å². The maximum atomic E-state index is 11.7. The van der Waals surface area contributed by atoms with Crippen molar-refractivity contribution < 1.29 is 4.79 Å². The molecule has 1 amide bonds. The maximum Gasteiger partial charge on any atom is 0.222 e. The van der Waals surface area contributed by atoms with Crippen LogP contribution in [-0.4, -0.2) is 40.4 Å². The Morgan fingerprint density at radius 2 is 2.19 bits per heavy atom. The summed E-state index contributed by atoms with van der Waals surface area (Å²) < 4.78 is 1.25. The van der Waals surface area contributed by atoms with E-state index in [1.54, 1.807) is 11.3 Å². The first kappa shape index (κ1) is 17.0. The molecular formula is C20H22N4OS. The van der Waals surface area contributed by atoms with Gasteiger partial charge in [0.05, 0.1) is 0 Å². The van der Waals surface area contributed by atoms with Crippen LogP contribution in [0.25, 0.3) is 21.5 Å². The molecule has 1 fully saturated rings. The molecule has 134 valence electrons. The predicted molar refractivity (Wildman–Crippen MR) is 107 cm³/mol. The van der Waals surface area contributed by atoms with Crippen LogP contribution in [0.2, 0.25) is 0 Å². The Morgan fingerprint density at radius 3 is 3.04 bits per heavy atom. The number of hydrogen-bond acceptors (Lipinski definition) is 5. The van der Waals surface area contributed by atoms with Gasteiger partial charge in [0.2, 0.25) is 5.91 Å². The Hall–Kier alpha value is -2.47. The molecule has 3 aromatic rings. The molecule has 0 aliphatic carbocycles. The summed E-state index contributed by atoms with van der Waals surface area (Å²) in [4.78, 5) is 22.9. The molecule has 0 unspecified atom stereocenters. The van der Waals surface area contributed by atoms with Gasteiger partial charge in [-0.25, -0.2) is 9.97 Å². The lowest BCUT2D eigenvalue weighted by Gasteiger charge is -2.16. The molecule has 4 rings (SSSR count). The summed E-state index contributed by atoms with van der Waals surface area (Å²) in [6, 6.07) is 8.34. The number of aromatic nitrogens is 2. The van der Waals surface area contributed by atoms with Crippen LogP contribution in [0.3, 0.4) is 0 Å². The molecule has 0 atom stereocenters. The number of nitrogens with zero attached hydrogens (tertiary/aromatic N) is 3. The van der Waals surface area contributed by atoms with Crippen molar-refractivity contribution in [3.8, 4) is 11.4 Å². The highest BCUT2D eigenvalue weighted by molar-refractivity contribution is 7.17. The SMILES string of the molecule is Cc1cnc(-c2csc3ccccc23)nc1NCCCN1CCCC1=O. The van der Waals surface area contributed by atoms with Crippen molar-refractivity contribution in [3.05, 3.63) is 41.4 Å². The Morgan fingerprint density at radius 1 is 1.31 bits per heavy atom. The van der Waals surface area contributed by atoms with E-state index in [1.807, 2.05) is 24.1 Å². The molecule has 1 aliphatic heterocycles. The first-order chi connectivity index (χ1) is 12.7. The number of hydrogen-bond donors (Lipinski definition) is 1. The number of fused-ring (bicyclic) bond motifs is 1. The van der Waals surface area contributed by atoms with Crippen LogP contribution in [0.5, 0.6) is 0 Å². The molecule has 0 saturated carbocycles. The molecule has 5 nitrogen and oxygen atoms in total. The molecule has 6 heteroatoms. The van der Waals surface area contributed by atoms with Gasteiger partial charge in [-0.05, 0) is 25.8 Å². The lowest BCUT2D eigenvalue weighted by molar-refractivity contribution is -0.127. The van der Waals surface area contributed by atoms with Gasteiger partial charge in [-0.2, -0.15) is 0 Å². The highest BCUT2D eigenvalue weighted by Gasteiger charge is 2.19. The second kappa shape index (κ2) is 7.41. The third-order valence-corrected chi connectivity index (χ3v) is 5.73. The van der Waals surface area contributed by atoms with E-state index in [4.69, 9.17) is 4.98 Å². The highest BCUT2D eigenvalue weighted by atomic mass is 32.1. The van der Waals surface area contributed by atoms with E-state index in [9.17, 15) is 4.79 Å². The molecule has 1 aromatic carbocycles. The number of benzene rings is 1. The summed E-state index contributed by atoms with van der Waals surface area (Å²) in [5.41, 5.74) is 2.11. The summed E-state index contributed by atoms with van der Waals surface area (Å²) in [7, 11) is 0. The maximum absolute atomic E-state index is 11.7. The summed E-state index contributed by atoms with van der Waals surface area (Å²) in [6.07, 6.45) is 4.50. The van der Waals surface area contributed by atoms with Gasteiger partial charge in [-0.1, -0.05) is 18.2 Å². The molecule has 26 heavy (non-hydrogen) atoms. The van der Waals surface area contributed by atoms with Crippen molar-refractivity contribution in [1.29, 1.82) is 0 Å². The fourth-order valence-electron chi connectivity index (χ4n) is 3.32. The van der Waals surface area contributed by atoms with Crippen molar-refractivity contribution in [3.63, 3.8) is 0 Å². The fourth-order valence-corrected chi connectivity index (χ4v) is 4.26. The van der Waals surface area contributed by atoms with Crippen LogP contribution in [0, 0.1) is 6.92 Å². The van der Waals surface area contributed by atoms with Crippen molar-refractivity contribution in [1.82, 2.24) is 14.9 Å². The summed E-state index contributed by atoms with van der Waals surface area (Å²) in [5, 5.41) is 6.73. The number of rotatable bonds is 6. The van der Waals surface area contributed by atoms with Crippen molar-refractivity contribution >= 4 is 33.1 Å². The number of carbonyl (C=O) groups is 1. The number of nitrogens with one attached hydrogen (secondary N) is 1. The Bertz CT molecular complexity index is 936. The van der Waals surface area contributed by atoms with Crippen LogP contribution < -0.4 is 5.32 Å². The van der Waals surface area contributed by atoms with Crippen LogP contribution in [0.4, 0.5) is 5.82 Å². The van der Waals surface area contributed by atoms with Gasteiger partial charge < -0.3 is 10.2 Å². The number of anilines is 1. The normalized spacial score (nSPS) is 14.3. The molecule has 2 aromatic heterocycles. The van der Waals surface area contributed by atoms with Gasteiger partial charge >= 0.3 is 0 Å². The van der Waals surface area contributed by atoms with Gasteiger partial charge in [0.25, 0.3) is 0 Å². The Kier molecular flexibility index (Phi) is 4.84. The molecular weight excluding hydrogens is 344 g/mol. The molecule has 0 bridgehead atoms. The standard InChI is InChI=1S/C20H22N4OS/c1-14-12-22-20(16-13-26-17-7-3-2-6-15(16)17)23-19(14)21-9-5-11-24-10-4-8-18(24)25/h2-3,6-7,12-13H,4-5,8-11H2,1H3,(H,21,22,23). The van der Waals surface area contributed by atoms with E-state index in [0.717, 1.165) is 55.2 Å². The fraction of sp³-hybridized carbons (Fsp3) is 0.350. The third kappa shape index (κ3) is 3.42. The quantitative estimate of drug-likeness (QED) is 0.668. The topological polar surface area (TPSA) is 58.1 Å². The molecule has 1 aliphatic rings. The number of amides is 1. The number of likely N-dealkylation sites (tertiary alicyclic amines) is 1. The molecule has 0 spiro atoms. The minimum atomic E-state index is 0.287. The van der Waals surface area contributed by atoms with E-state index in [0.29, 0.717) is 6.42 Å². The first-order valence-electron chi connectivity index (χ1n) is 9.04. The van der Waals surface area contributed by atoms with Gasteiger partial charge in [0.15, 0.2) is 5.82 Å². The number of thiophene rings is 1. The monoisotopic (exact) mass is 366 g/mol. The van der Waals surface area contributed by atoms with E-state index in [-0.39, 0.29) is 5.91 Å². The summed E-state index contributed by atoms with van der Waals surface area (Å²) in [5.74, 6) is 1.91. The second-order valence-electron chi connectivity index (χ2n) is 6.64. The van der Waals surface area contributed by atoms with Crippen LogP contribution in [-0.2, 0) is 4.79 Å². The highest BCUT2D eigenvalue weighted by Crippen LogP contribution is 2.32. The first-order valence-corrected chi connectivity index (χ1v) is 9.92. The zero-order valence-electron chi connectivity index (χ0n) is 14.9. The molecule has 3 heterocycles. The molecule has 1 saturated heterocycles. The van der Waals surface area contributed by atoms with Gasteiger partial charge in [-0.3, -0.25) is 4.79 Å². The zero-order valence-corrected chi connectivity index (χ0v) is 15.7. The average molecular weight is 366 g/mol. The average Bonchev–Trinajstić information content (AvgIpc) is 3.26. The van der Waals surface area contributed by atoms with E-state index < -0.39 is 0 Å². The number of carbonyl (C=O) groups excluding carboxylic acids is 1. The van der Waals surface area contributed by atoms with E-state index >= 15 is 0 Å². The van der Waals surface area contributed by atoms with E-state index in [1.165, 1.54) is 10.1 Å².